The lowest BCUT2D eigenvalue weighted by atomic mass is 10.0. The molecule has 0 heterocycles. The molecule has 0 radical (unpaired) electrons. The third-order valence-corrected chi connectivity index (χ3v) is 5.48. The Morgan fingerprint density at radius 1 is 1.06 bits per heavy atom. The quantitative estimate of drug-likeness (QED) is 0.392. The summed E-state index contributed by atoms with van der Waals surface area (Å²) >= 11 is 0. The van der Waals surface area contributed by atoms with E-state index in [2.05, 4.69) is 10.6 Å². The first-order chi connectivity index (χ1) is 15.4. The number of nitrogens with one attached hydrogen (secondary N) is 2. The van der Waals surface area contributed by atoms with Crippen molar-refractivity contribution in [3.8, 4) is 0 Å². The lowest BCUT2D eigenvalue weighted by Crippen LogP contribution is -2.27. The van der Waals surface area contributed by atoms with Crippen molar-refractivity contribution in [1.29, 1.82) is 0 Å². The van der Waals surface area contributed by atoms with Crippen LogP contribution >= 0.6 is 0 Å². The summed E-state index contributed by atoms with van der Waals surface area (Å²) in [4.78, 5) is 35.1. The summed E-state index contributed by atoms with van der Waals surface area (Å²) in [6, 6.07) is 11.3. The molecule has 1 aliphatic rings. The molecule has 1 unspecified atom stereocenters. The Kier molecular flexibility index (Phi) is 8.14. The summed E-state index contributed by atoms with van der Waals surface area (Å²) < 4.78 is 13.1. The van der Waals surface area contributed by atoms with Crippen molar-refractivity contribution in [1.82, 2.24) is 10.6 Å². The van der Waals surface area contributed by atoms with E-state index in [4.69, 9.17) is 5.73 Å². The topological polar surface area (TPSA) is 101 Å². The number of nitrogens with two attached hydrogens (primary N) is 1. The van der Waals surface area contributed by atoms with Crippen LogP contribution in [0.4, 0.5) is 4.39 Å². The molecule has 0 aliphatic heterocycles. The number of carbonyl (C=O) groups is 3. The molecular weight excluding hydrogens is 409 g/mol. The summed E-state index contributed by atoms with van der Waals surface area (Å²) in [5.74, 6) is -1.06. The highest BCUT2D eigenvalue weighted by Crippen LogP contribution is 2.32. The molecule has 4 N–H and O–H groups in total. The highest BCUT2D eigenvalue weighted by atomic mass is 19.1. The maximum atomic E-state index is 13.1. The standard InChI is InChI=1S/C25H28FN3O3/c26-20-10-7-18(8-11-20)25(32)29-22-13-9-19-16-17(5-12-21(19)22)6-14-24(31)28-15-3-1-2-4-23(27)30/h5-8,10-12,14,16,22H,1-4,9,13,15H2,(H2,27,30)(H,28,31)(H,29,32)/b14-6+. The molecule has 3 amide bonds. The van der Waals surface area contributed by atoms with Gasteiger partial charge in [-0.3, -0.25) is 14.4 Å². The van der Waals surface area contributed by atoms with Gasteiger partial charge in [0, 0.05) is 24.6 Å². The molecule has 0 aromatic heterocycles. The van der Waals surface area contributed by atoms with Crippen LogP contribution in [0, 0.1) is 5.82 Å². The molecule has 0 saturated heterocycles. The van der Waals surface area contributed by atoms with Gasteiger partial charge in [-0.25, -0.2) is 4.39 Å². The molecule has 0 bridgehead atoms. The molecule has 2 aromatic rings. The van der Waals surface area contributed by atoms with Crippen molar-refractivity contribution in [2.75, 3.05) is 6.54 Å². The first-order valence-corrected chi connectivity index (χ1v) is 10.9. The van der Waals surface area contributed by atoms with Crippen LogP contribution < -0.4 is 16.4 Å². The smallest absolute Gasteiger partial charge is 0.251 e. The van der Waals surface area contributed by atoms with E-state index in [9.17, 15) is 18.8 Å². The number of fused-ring (bicyclic) bond motifs is 1. The largest absolute Gasteiger partial charge is 0.370 e. The highest BCUT2D eigenvalue weighted by Gasteiger charge is 2.24. The van der Waals surface area contributed by atoms with Crippen molar-refractivity contribution < 1.29 is 18.8 Å². The summed E-state index contributed by atoms with van der Waals surface area (Å²) in [6.07, 6.45) is 7.67. The minimum Gasteiger partial charge on any atom is -0.370 e. The van der Waals surface area contributed by atoms with Gasteiger partial charge in [0.15, 0.2) is 0 Å². The maximum Gasteiger partial charge on any atom is 0.251 e. The van der Waals surface area contributed by atoms with Crippen LogP contribution in [0.5, 0.6) is 0 Å². The minimum atomic E-state index is -0.373. The molecule has 7 heteroatoms. The zero-order valence-corrected chi connectivity index (χ0v) is 17.9. The van der Waals surface area contributed by atoms with Crippen LogP contribution in [0.3, 0.4) is 0 Å². The van der Waals surface area contributed by atoms with Crippen LogP contribution in [0.1, 0.15) is 65.2 Å². The second-order valence-electron chi connectivity index (χ2n) is 7.93. The molecule has 168 valence electrons. The number of benzene rings is 2. The van der Waals surface area contributed by atoms with Crippen LogP contribution in [0.2, 0.25) is 0 Å². The summed E-state index contributed by atoms with van der Waals surface area (Å²) in [5.41, 5.74) is 8.66. The number of hydrogen-bond acceptors (Lipinski definition) is 3. The lowest BCUT2D eigenvalue weighted by Gasteiger charge is -2.14. The predicted molar refractivity (Wildman–Crippen MR) is 121 cm³/mol. The Hall–Kier alpha value is -3.48. The van der Waals surface area contributed by atoms with Crippen molar-refractivity contribution in [2.45, 2.75) is 44.6 Å². The average Bonchev–Trinajstić information content (AvgIpc) is 3.16. The zero-order valence-electron chi connectivity index (χ0n) is 17.9. The minimum absolute atomic E-state index is 0.0848. The Balaban J connectivity index is 1.48. The van der Waals surface area contributed by atoms with Gasteiger partial charge < -0.3 is 16.4 Å². The maximum absolute atomic E-state index is 13.1. The number of hydrogen-bond donors (Lipinski definition) is 3. The number of rotatable bonds is 10. The van der Waals surface area contributed by atoms with Gasteiger partial charge in [-0.15, -0.1) is 0 Å². The van der Waals surface area contributed by atoms with Gasteiger partial charge in [-0.05, 0) is 72.7 Å². The second-order valence-corrected chi connectivity index (χ2v) is 7.93. The molecule has 1 aliphatic carbocycles. The molecule has 1 atom stereocenters. The molecule has 32 heavy (non-hydrogen) atoms. The van der Waals surface area contributed by atoms with E-state index in [0.29, 0.717) is 18.5 Å². The van der Waals surface area contributed by atoms with Crippen molar-refractivity contribution in [3.05, 3.63) is 76.6 Å². The molecule has 0 fully saturated rings. The second kappa shape index (κ2) is 11.2. The van der Waals surface area contributed by atoms with Gasteiger partial charge in [-0.1, -0.05) is 24.6 Å². The average molecular weight is 438 g/mol. The van der Waals surface area contributed by atoms with Crippen molar-refractivity contribution in [3.63, 3.8) is 0 Å². The Morgan fingerprint density at radius 3 is 2.59 bits per heavy atom. The van der Waals surface area contributed by atoms with Gasteiger partial charge in [-0.2, -0.15) is 0 Å². The Labute approximate surface area is 187 Å². The molecule has 0 spiro atoms. The molecular formula is C25H28FN3O3. The summed E-state index contributed by atoms with van der Waals surface area (Å²) in [7, 11) is 0. The molecule has 6 nitrogen and oxygen atoms in total. The van der Waals surface area contributed by atoms with E-state index < -0.39 is 0 Å². The van der Waals surface area contributed by atoms with Crippen molar-refractivity contribution in [2.24, 2.45) is 5.73 Å². The van der Waals surface area contributed by atoms with Gasteiger partial charge in [0.25, 0.3) is 5.91 Å². The van der Waals surface area contributed by atoms with Gasteiger partial charge in [0.2, 0.25) is 11.8 Å². The van der Waals surface area contributed by atoms with E-state index in [0.717, 1.165) is 48.8 Å². The first kappa shape index (κ1) is 23.2. The number of amides is 3. The van der Waals surface area contributed by atoms with Crippen LogP contribution in [0.25, 0.3) is 6.08 Å². The van der Waals surface area contributed by atoms with E-state index >= 15 is 0 Å². The Bertz CT molecular complexity index is 1000. The monoisotopic (exact) mass is 437 g/mol. The fourth-order valence-electron chi connectivity index (χ4n) is 3.78. The molecule has 0 saturated carbocycles. The van der Waals surface area contributed by atoms with E-state index in [1.165, 1.54) is 30.3 Å². The molecule has 2 aromatic carbocycles. The number of unbranched alkanes of at least 4 members (excludes halogenated alkanes) is 2. The van der Waals surface area contributed by atoms with Gasteiger partial charge in [0.05, 0.1) is 6.04 Å². The van der Waals surface area contributed by atoms with Crippen molar-refractivity contribution >= 4 is 23.8 Å². The summed E-state index contributed by atoms with van der Waals surface area (Å²) in [5, 5.41) is 5.84. The Morgan fingerprint density at radius 2 is 1.84 bits per heavy atom. The SMILES string of the molecule is NC(=O)CCCCCNC(=O)/C=C/c1ccc2c(c1)CCC2NC(=O)c1ccc(F)cc1. The van der Waals surface area contributed by atoms with Crippen LogP contribution in [0.15, 0.2) is 48.5 Å². The van der Waals surface area contributed by atoms with Crippen LogP contribution in [-0.4, -0.2) is 24.3 Å². The summed E-state index contributed by atoms with van der Waals surface area (Å²) in [6.45, 7) is 0.557. The fraction of sp³-hybridized carbons (Fsp3) is 0.320. The van der Waals surface area contributed by atoms with Gasteiger partial charge >= 0.3 is 0 Å². The zero-order chi connectivity index (χ0) is 22.9. The van der Waals surface area contributed by atoms with Crippen LogP contribution in [-0.2, 0) is 16.0 Å². The van der Waals surface area contributed by atoms with E-state index in [-0.39, 0.29) is 29.6 Å². The third-order valence-electron chi connectivity index (χ3n) is 5.48. The number of carbonyl (C=O) groups excluding carboxylic acids is 3. The normalized spacial score (nSPS) is 14.8. The number of aryl methyl sites for hydroxylation is 1. The van der Waals surface area contributed by atoms with E-state index in [1.54, 1.807) is 6.08 Å². The lowest BCUT2D eigenvalue weighted by molar-refractivity contribution is -0.118. The predicted octanol–water partition coefficient (Wildman–Crippen LogP) is 3.42. The van der Waals surface area contributed by atoms with Gasteiger partial charge in [0.1, 0.15) is 5.82 Å². The first-order valence-electron chi connectivity index (χ1n) is 10.9. The number of primary amides is 1. The fourth-order valence-corrected chi connectivity index (χ4v) is 3.78. The third kappa shape index (κ3) is 6.77. The number of halogens is 1. The van der Waals surface area contributed by atoms with E-state index in [1.807, 2.05) is 18.2 Å². The highest BCUT2D eigenvalue weighted by molar-refractivity contribution is 5.94. The molecule has 3 rings (SSSR count).